The number of hydrogen-bond donors (Lipinski definition) is 1. The molecule has 10 nitrogen and oxygen atoms in total. The van der Waals surface area contributed by atoms with Gasteiger partial charge in [-0.3, -0.25) is 4.72 Å². The van der Waals surface area contributed by atoms with Crippen molar-refractivity contribution in [3.05, 3.63) is 66.5 Å². The van der Waals surface area contributed by atoms with Crippen LogP contribution < -0.4 is 14.4 Å². The van der Waals surface area contributed by atoms with Gasteiger partial charge in [-0.05, 0) is 70.9 Å². The van der Waals surface area contributed by atoms with E-state index in [1.807, 2.05) is 30.3 Å². The van der Waals surface area contributed by atoms with Crippen molar-refractivity contribution >= 4 is 33.4 Å². The average Bonchev–Trinajstić information content (AvgIpc) is 3.53. The highest BCUT2D eigenvalue weighted by Crippen LogP contribution is 2.38. The summed E-state index contributed by atoms with van der Waals surface area (Å²) in [7, 11) is -4.18. The molecular weight excluding hydrogens is 676 g/mol. The lowest BCUT2D eigenvalue weighted by Crippen LogP contribution is -2.38. The lowest BCUT2D eigenvalue weighted by Gasteiger charge is -2.32. The predicted molar refractivity (Wildman–Crippen MR) is 187 cm³/mol. The first-order valence-electron chi connectivity index (χ1n) is 16.1. The molecule has 0 atom stereocenters. The molecule has 0 radical (unpaired) electrons. The van der Waals surface area contributed by atoms with Crippen LogP contribution in [0, 0.1) is 5.41 Å². The van der Waals surface area contributed by atoms with Crippen LogP contribution >= 0.6 is 11.8 Å². The summed E-state index contributed by atoms with van der Waals surface area (Å²) < 4.78 is 76.9. The molecule has 0 fully saturated rings. The van der Waals surface area contributed by atoms with Crippen molar-refractivity contribution in [1.29, 1.82) is 0 Å². The molecule has 49 heavy (non-hydrogen) atoms. The first-order chi connectivity index (χ1) is 23.1. The van der Waals surface area contributed by atoms with Gasteiger partial charge in [0.25, 0.3) is 10.0 Å². The van der Waals surface area contributed by atoms with Crippen molar-refractivity contribution in [1.82, 2.24) is 24.7 Å². The Morgan fingerprint density at radius 3 is 2.47 bits per heavy atom. The fourth-order valence-electron chi connectivity index (χ4n) is 5.28. The second-order valence-electron chi connectivity index (χ2n) is 13.3. The summed E-state index contributed by atoms with van der Waals surface area (Å²) in [5, 5.41) is 4.20. The zero-order valence-electron chi connectivity index (χ0n) is 28.3. The Labute approximate surface area is 290 Å². The van der Waals surface area contributed by atoms with Gasteiger partial charge in [-0.15, -0.1) is 5.10 Å². The molecule has 0 aliphatic carbocycles. The van der Waals surface area contributed by atoms with Crippen LogP contribution in [-0.2, 0) is 16.4 Å². The standard InChI is InChI=1S/C34H42F3N7O3S2/c1-32(2,34(35,36)37)23-47-28-18-20-44(41-28)31-30-25-15-10-9-14-24(25)13-8-6-7-11-19-43(22-33(3,4)48-5)27-16-12-17-29(40-27)49(45,46)42-26(39-30)21-38-31/h9-10,12,14-18,20-21H,6-8,11,13,19,22-23H2,1-5H3,(H,39,42). The maximum Gasteiger partial charge on any atom is 0.397 e. The van der Waals surface area contributed by atoms with Gasteiger partial charge in [0.2, 0.25) is 5.88 Å². The van der Waals surface area contributed by atoms with Crippen LogP contribution in [0.4, 0.5) is 24.8 Å². The Kier molecular flexibility index (Phi) is 10.8. The molecule has 15 heteroatoms. The van der Waals surface area contributed by atoms with Crippen molar-refractivity contribution in [3.63, 3.8) is 0 Å². The van der Waals surface area contributed by atoms with Crippen LogP contribution in [0.3, 0.4) is 0 Å². The number of nitrogens with zero attached hydrogens (tertiary/aromatic N) is 6. The summed E-state index contributed by atoms with van der Waals surface area (Å²) >= 11 is 1.75. The molecule has 0 amide bonds. The molecule has 264 valence electrons. The molecule has 4 bridgehead atoms. The fourth-order valence-corrected chi connectivity index (χ4v) is 6.51. The number of nitrogens with one attached hydrogen (secondary N) is 1. The summed E-state index contributed by atoms with van der Waals surface area (Å²) in [6.45, 7) is 7.24. The van der Waals surface area contributed by atoms with Gasteiger partial charge >= 0.3 is 6.18 Å². The van der Waals surface area contributed by atoms with Gasteiger partial charge in [-0.25, -0.2) is 19.6 Å². The summed E-state index contributed by atoms with van der Waals surface area (Å²) in [5.41, 5.74) is -0.0131. The van der Waals surface area contributed by atoms with E-state index in [4.69, 9.17) is 9.72 Å². The minimum absolute atomic E-state index is 0.0189. The lowest BCUT2D eigenvalue weighted by atomic mass is 9.94. The number of alkyl halides is 3. The third-order valence-electron chi connectivity index (χ3n) is 8.45. The average molecular weight is 718 g/mol. The van der Waals surface area contributed by atoms with Gasteiger partial charge in [0.05, 0.1) is 11.6 Å². The number of rotatable bonds is 7. The van der Waals surface area contributed by atoms with E-state index in [0.717, 1.165) is 63.6 Å². The maximum atomic E-state index is 13.7. The largest absolute Gasteiger partial charge is 0.476 e. The van der Waals surface area contributed by atoms with Crippen molar-refractivity contribution in [2.45, 2.75) is 75.7 Å². The minimum atomic E-state index is -4.46. The highest BCUT2D eigenvalue weighted by molar-refractivity contribution is 8.00. The summed E-state index contributed by atoms with van der Waals surface area (Å²) in [6.07, 6.45) is 4.97. The minimum Gasteiger partial charge on any atom is -0.476 e. The van der Waals surface area contributed by atoms with E-state index in [2.05, 4.69) is 44.8 Å². The van der Waals surface area contributed by atoms with E-state index in [-0.39, 0.29) is 27.3 Å². The van der Waals surface area contributed by atoms with Crippen LogP contribution in [0.15, 0.2) is 66.0 Å². The number of halogens is 3. The Morgan fingerprint density at radius 1 is 0.959 bits per heavy atom. The number of aryl methyl sites for hydroxylation is 1. The molecule has 0 unspecified atom stereocenters. The third-order valence-corrected chi connectivity index (χ3v) is 10.9. The molecule has 1 aromatic carbocycles. The van der Waals surface area contributed by atoms with Crippen LogP contribution in [0.1, 0.15) is 58.9 Å². The van der Waals surface area contributed by atoms with Crippen molar-refractivity contribution < 1.29 is 26.3 Å². The predicted octanol–water partition coefficient (Wildman–Crippen LogP) is 7.56. The van der Waals surface area contributed by atoms with Gasteiger partial charge < -0.3 is 9.64 Å². The second kappa shape index (κ2) is 14.6. The zero-order valence-corrected chi connectivity index (χ0v) is 29.9. The molecule has 4 heterocycles. The quantitative estimate of drug-likeness (QED) is 0.207. The van der Waals surface area contributed by atoms with E-state index in [1.54, 1.807) is 17.8 Å². The van der Waals surface area contributed by atoms with Crippen LogP contribution in [0.2, 0.25) is 0 Å². The van der Waals surface area contributed by atoms with Gasteiger partial charge in [0.1, 0.15) is 18.1 Å². The molecule has 1 aliphatic rings. The zero-order chi connectivity index (χ0) is 35.5. The van der Waals surface area contributed by atoms with E-state index in [0.29, 0.717) is 18.1 Å². The van der Waals surface area contributed by atoms with E-state index < -0.39 is 28.2 Å². The Balaban J connectivity index is 1.54. The third kappa shape index (κ3) is 8.85. The number of pyridine rings is 1. The fraction of sp³-hybridized carbons (Fsp3) is 0.471. The number of fused-ring (bicyclic) bond motifs is 6. The molecular formula is C34H42F3N7O3S2. The van der Waals surface area contributed by atoms with Gasteiger partial charge in [-0.2, -0.15) is 33.4 Å². The molecule has 0 saturated heterocycles. The Bertz CT molecular complexity index is 1860. The lowest BCUT2D eigenvalue weighted by molar-refractivity contribution is -0.219. The summed E-state index contributed by atoms with van der Waals surface area (Å²) in [5.74, 6) is 0.792. The van der Waals surface area contributed by atoms with Crippen molar-refractivity contribution in [2.24, 2.45) is 5.41 Å². The monoisotopic (exact) mass is 717 g/mol. The molecule has 3 aromatic heterocycles. The Hall–Kier alpha value is -3.85. The number of ether oxygens (including phenoxy) is 1. The van der Waals surface area contributed by atoms with E-state index in [1.165, 1.54) is 29.2 Å². The number of sulfonamides is 1. The van der Waals surface area contributed by atoms with Crippen LogP contribution in [-0.4, -0.2) is 70.0 Å². The number of thioether (sulfide) groups is 1. The first kappa shape index (κ1) is 36.4. The van der Waals surface area contributed by atoms with Gasteiger partial charge in [0, 0.05) is 35.7 Å². The number of benzene rings is 1. The maximum absolute atomic E-state index is 13.7. The normalized spacial score (nSPS) is 16.0. The summed E-state index contributed by atoms with van der Waals surface area (Å²) in [4.78, 5) is 16.0. The molecule has 4 aromatic rings. The topological polar surface area (TPSA) is 115 Å². The molecule has 1 aliphatic heterocycles. The van der Waals surface area contributed by atoms with Crippen molar-refractivity contribution in [2.75, 3.05) is 35.6 Å². The second-order valence-corrected chi connectivity index (χ2v) is 16.5. The molecule has 1 N–H and O–H groups in total. The molecule has 0 saturated carbocycles. The smallest absolute Gasteiger partial charge is 0.397 e. The van der Waals surface area contributed by atoms with Gasteiger partial charge in [-0.1, -0.05) is 43.2 Å². The molecule has 5 rings (SSSR count). The van der Waals surface area contributed by atoms with E-state index >= 15 is 0 Å². The van der Waals surface area contributed by atoms with Crippen LogP contribution in [0.25, 0.3) is 17.1 Å². The van der Waals surface area contributed by atoms with Gasteiger partial charge in [0.15, 0.2) is 16.7 Å². The number of aromatic nitrogens is 5. The summed E-state index contributed by atoms with van der Waals surface area (Å²) in [6, 6.07) is 14.1. The SMILES string of the molecule is CSC(C)(C)CN1CCCCCCc2ccccc2-c2nc(cnc2-n2ccc(OCC(C)(C)C(F)(F)F)n2)NS(=O)(=O)c2cccc1n2. The van der Waals surface area contributed by atoms with Crippen LogP contribution in [0.5, 0.6) is 5.88 Å². The number of anilines is 2. The molecule has 0 spiro atoms. The first-order valence-corrected chi connectivity index (χ1v) is 18.8. The Morgan fingerprint density at radius 2 is 1.71 bits per heavy atom. The number of hydrogen-bond acceptors (Lipinski definition) is 9. The van der Waals surface area contributed by atoms with Crippen molar-refractivity contribution in [3.8, 4) is 23.0 Å². The highest BCUT2D eigenvalue weighted by atomic mass is 32.2. The highest BCUT2D eigenvalue weighted by Gasteiger charge is 2.48. The van der Waals surface area contributed by atoms with E-state index in [9.17, 15) is 21.6 Å².